The van der Waals surface area contributed by atoms with E-state index in [0.717, 1.165) is 5.56 Å². The lowest BCUT2D eigenvalue weighted by Gasteiger charge is -2.05. The molecule has 4 N–H and O–H groups in total. The quantitative estimate of drug-likeness (QED) is 0.624. The van der Waals surface area contributed by atoms with Crippen molar-refractivity contribution < 1.29 is 13.9 Å². The average molecular weight is 251 g/mol. The predicted octanol–water partition coefficient (Wildman–Crippen LogP) is 1.67. The number of nitrogens with two attached hydrogens (primary N) is 2. The van der Waals surface area contributed by atoms with Gasteiger partial charge < -0.3 is 20.6 Å². The van der Waals surface area contributed by atoms with Crippen molar-refractivity contribution in [1.82, 2.24) is 4.98 Å². The van der Waals surface area contributed by atoms with Gasteiger partial charge in [-0.15, -0.1) is 0 Å². The first-order chi connectivity index (χ1) is 8.22. The molecule has 0 spiro atoms. The predicted molar refractivity (Wildman–Crippen MR) is 69.9 cm³/mol. The molecule has 0 saturated carbocycles. The summed E-state index contributed by atoms with van der Waals surface area (Å²) >= 11 is 0. The summed E-state index contributed by atoms with van der Waals surface area (Å²) in [7, 11) is 1.59. The topological polar surface area (TPSA) is 104 Å². The summed E-state index contributed by atoms with van der Waals surface area (Å²) in [5.41, 5.74) is 11.3. The van der Waals surface area contributed by atoms with Crippen molar-refractivity contribution in [3.63, 3.8) is 0 Å². The van der Waals surface area contributed by atoms with Crippen LogP contribution in [0.5, 0.6) is 5.75 Å². The number of methoxy groups -OCH3 is 1. The number of carbonyl (C=O) groups is 1. The number of nitrogen functional groups attached to an aromatic ring is 1. The Morgan fingerprint density at radius 1 is 1.44 bits per heavy atom. The molecule has 0 fully saturated rings. The highest BCUT2D eigenvalue weighted by molar-refractivity contribution is 5.68. The van der Waals surface area contributed by atoms with E-state index in [1.54, 1.807) is 25.4 Å². The van der Waals surface area contributed by atoms with Gasteiger partial charge in [-0.05, 0) is 12.1 Å². The van der Waals surface area contributed by atoms with E-state index >= 15 is 0 Å². The van der Waals surface area contributed by atoms with Crippen LogP contribution in [0.25, 0.3) is 11.3 Å². The molecule has 18 heavy (non-hydrogen) atoms. The van der Waals surface area contributed by atoms with Crippen molar-refractivity contribution in [1.29, 1.82) is 0 Å². The molecule has 0 aliphatic heterocycles. The number of amides is 1. The van der Waals surface area contributed by atoms with E-state index in [-0.39, 0.29) is 13.8 Å². The molecular formula is C12H17N3O3. The molecule has 0 unspecified atom stereocenters. The third kappa shape index (κ3) is 3.82. The molecule has 0 aliphatic rings. The van der Waals surface area contributed by atoms with Crippen LogP contribution < -0.4 is 16.2 Å². The summed E-state index contributed by atoms with van der Waals surface area (Å²) in [5.74, 6) is 1.35. The van der Waals surface area contributed by atoms with Crippen molar-refractivity contribution in [3.05, 3.63) is 30.8 Å². The highest BCUT2D eigenvalue weighted by Crippen LogP contribution is 2.31. The maximum atomic E-state index is 8.58. The Balaban J connectivity index is 0.000000660. The van der Waals surface area contributed by atoms with Crippen LogP contribution in [0, 0.1) is 0 Å². The summed E-state index contributed by atoms with van der Waals surface area (Å²) in [6.45, 7) is 0. The molecule has 0 bridgehead atoms. The SMILES string of the molecule is C.COc1cc(N)ccc1-c1cnco1.NC=O. The largest absolute Gasteiger partial charge is 0.496 e. The van der Waals surface area contributed by atoms with Crippen LogP contribution in [-0.4, -0.2) is 18.5 Å². The van der Waals surface area contributed by atoms with Gasteiger partial charge in [0.25, 0.3) is 0 Å². The summed E-state index contributed by atoms with van der Waals surface area (Å²) in [6.07, 6.45) is 3.26. The zero-order chi connectivity index (χ0) is 12.7. The lowest BCUT2D eigenvalue weighted by molar-refractivity contribution is -0.106. The van der Waals surface area contributed by atoms with E-state index in [1.807, 2.05) is 6.07 Å². The van der Waals surface area contributed by atoms with Gasteiger partial charge in [0, 0.05) is 11.8 Å². The minimum Gasteiger partial charge on any atom is -0.496 e. The smallest absolute Gasteiger partial charge is 0.204 e. The third-order valence-electron chi connectivity index (χ3n) is 1.92. The van der Waals surface area contributed by atoms with E-state index in [0.29, 0.717) is 17.2 Å². The van der Waals surface area contributed by atoms with Crippen molar-refractivity contribution in [3.8, 4) is 17.1 Å². The van der Waals surface area contributed by atoms with E-state index in [1.165, 1.54) is 6.39 Å². The van der Waals surface area contributed by atoms with Crippen LogP contribution in [0.2, 0.25) is 0 Å². The van der Waals surface area contributed by atoms with Crippen LogP contribution in [0.3, 0.4) is 0 Å². The van der Waals surface area contributed by atoms with E-state index in [9.17, 15) is 0 Å². The Kier molecular flexibility index (Phi) is 6.65. The van der Waals surface area contributed by atoms with Crippen molar-refractivity contribution in [2.75, 3.05) is 12.8 Å². The fraction of sp³-hybridized carbons (Fsp3) is 0.167. The fourth-order valence-corrected chi connectivity index (χ4v) is 1.26. The maximum absolute atomic E-state index is 8.58. The van der Waals surface area contributed by atoms with E-state index in [2.05, 4.69) is 10.7 Å². The second-order valence-corrected chi connectivity index (χ2v) is 2.96. The third-order valence-corrected chi connectivity index (χ3v) is 1.92. The zero-order valence-corrected chi connectivity index (χ0v) is 9.29. The molecule has 0 radical (unpaired) electrons. The molecule has 0 atom stereocenters. The van der Waals surface area contributed by atoms with Gasteiger partial charge in [0.15, 0.2) is 12.2 Å². The number of hydrogen-bond acceptors (Lipinski definition) is 5. The Bertz CT molecular complexity index is 469. The molecule has 0 aliphatic carbocycles. The molecule has 2 aromatic rings. The van der Waals surface area contributed by atoms with E-state index < -0.39 is 0 Å². The highest BCUT2D eigenvalue weighted by atomic mass is 16.5. The Hall–Kier alpha value is -2.50. The molecule has 6 nitrogen and oxygen atoms in total. The highest BCUT2D eigenvalue weighted by Gasteiger charge is 2.08. The Labute approximate surface area is 106 Å². The first kappa shape index (κ1) is 15.5. The molecule has 1 aromatic heterocycles. The van der Waals surface area contributed by atoms with Crippen LogP contribution in [0.15, 0.2) is 35.2 Å². The van der Waals surface area contributed by atoms with Gasteiger partial charge in [0.05, 0.1) is 18.9 Å². The van der Waals surface area contributed by atoms with Gasteiger partial charge in [0.2, 0.25) is 6.41 Å². The maximum Gasteiger partial charge on any atom is 0.204 e. The first-order valence-corrected chi connectivity index (χ1v) is 4.70. The number of hydrogen-bond donors (Lipinski definition) is 2. The first-order valence-electron chi connectivity index (χ1n) is 4.70. The van der Waals surface area contributed by atoms with Crippen LogP contribution >= 0.6 is 0 Å². The lowest BCUT2D eigenvalue weighted by Crippen LogP contribution is -1.90. The number of carbonyl (C=O) groups excluding carboxylic acids is 1. The van der Waals surface area contributed by atoms with Gasteiger partial charge in [-0.3, -0.25) is 4.79 Å². The number of oxazole rings is 1. The van der Waals surface area contributed by atoms with Gasteiger partial charge in [-0.2, -0.15) is 0 Å². The van der Waals surface area contributed by atoms with Gasteiger partial charge in [0.1, 0.15) is 5.75 Å². The molecule has 98 valence electrons. The number of ether oxygens (including phenoxy) is 1. The van der Waals surface area contributed by atoms with Crippen molar-refractivity contribution in [2.24, 2.45) is 5.73 Å². The molecule has 0 saturated heterocycles. The van der Waals surface area contributed by atoms with Crippen LogP contribution in [0.1, 0.15) is 7.43 Å². The molecule has 1 aromatic carbocycles. The minimum absolute atomic E-state index is 0. The Morgan fingerprint density at radius 3 is 2.61 bits per heavy atom. The molecule has 2 rings (SSSR count). The second kappa shape index (κ2) is 7.72. The number of anilines is 1. The standard InChI is InChI=1S/C10H10N2O2.CH3NO.CH4/c1-13-9-4-7(11)2-3-8(9)10-5-12-6-14-10;2-1-3;/h2-6H,11H2,1H3;1H,(H2,2,3);1H4. The number of rotatable bonds is 2. The number of primary amides is 1. The monoisotopic (exact) mass is 251 g/mol. The minimum atomic E-state index is 0. The molecule has 6 heteroatoms. The fourth-order valence-electron chi connectivity index (χ4n) is 1.26. The second-order valence-electron chi connectivity index (χ2n) is 2.96. The van der Waals surface area contributed by atoms with Gasteiger partial charge in [-0.1, -0.05) is 7.43 Å². The summed E-state index contributed by atoms with van der Waals surface area (Å²) in [5, 5.41) is 0. The molecule has 1 amide bonds. The number of benzene rings is 1. The number of aromatic nitrogens is 1. The average Bonchev–Trinajstić information content (AvgIpc) is 2.83. The number of nitrogens with zero attached hydrogens (tertiary/aromatic N) is 1. The lowest BCUT2D eigenvalue weighted by atomic mass is 10.1. The summed E-state index contributed by atoms with van der Waals surface area (Å²) in [6, 6.07) is 5.38. The summed E-state index contributed by atoms with van der Waals surface area (Å²) in [4.78, 5) is 12.4. The van der Waals surface area contributed by atoms with Crippen LogP contribution in [-0.2, 0) is 4.79 Å². The normalized spacial score (nSPS) is 8.50. The van der Waals surface area contributed by atoms with Gasteiger partial charge in [-0.25, -0.2) is 4.98 Å². The van der Waals surface area contributed by atoms with E-state index in [4.69, 9.17) is 19.7 Å². The summed E-state index contributed by atoms with van der Waals surface area (Å²) < 4.78 is 10.4. The van der Waals surface area contributed by atoms with Crippen LogP contribution in [0.4, 0.5) is 5.69 Å². The molecular weight excluding hydrogens is 234 g/mol. The zero-order valence-electron chi connectivity index (χ0n) is 9.29. The molecule has 1 heterocycles. The Morgan fingerprint density at radius 2 is 2.11 bits per heavy atom. The van der Waals surface area contributed by atoms with Crippen molar-refractivity contribution in [2.45, 2.75) is 7.43 Å². The van der Waals surface area contributed by atoms with Gasteiger partial charge >= 0.3 is 0 Å². The van der Waals surface area contributed by atoms with Crippen molar-refractivity contribution >= 4 is 12.1 Å².